The molecule has 2 aromatic carbocycles. The van der Waals surface area contributed by atoms with Crippen molar-refractivity contribution in [2.24, 2.45) is 5.16 Å². The summed E-state index contributed by atoms with van der Waals surface area (Å²) in [4.78, 5) is 23.3. The lowest BCUT2D eigenvalue weighted by molar-refractivity contribution is -0.135. The molecule has 0 N–H and O–H groups in total. The molecule has 2 aromatic rings. The van der Waals surface area contributed by atoms with Gasteiger partial charge in [-0.1, -0.05) is 41.9 Å². The highest BCUT2D eigenvalue weighted by Gasteiger charge is 2.40. The van der Waals surface area contributed by atoms with Gasteiger partial charge in [-0.05, 0) is 43.6 Å². The second kappa shape index (κ2) is 9.17. The molecular weight excluding hydrogens is 382 g/mol. The summed E-state index contributed by atoms with van der Waals surface area (Å²) in [6, 6.07) is 15.0. The summed E-state index contributed by atoms with van der Waals surface area (Å²) in [6.07, 6.45) is 4.10. The first-order valence-corrected chi connectivity index (χ1v) is 10.3. The van der Waals surface area contributed by atoms with E-state index >= 15 is 0 Å². The van der Waals surface area contributed by atoms with Crippen molar-refractivity contribution in [2.75, 3.05) is 32.2 Å². The molecular formula is C23H27N3O4. The minimum Gasteiger partial charge on any atom is -0.493 e. The Hall–Kier alpha value is -3.06. The molecule has 30 heavy (non-hydrogen) atoms. The Morgan fingerprint density at radius 1 is 1.03 bits per heavy atom. The van der Waals surface area contributed by atoms with E-state index in [2.05, 4.69) is 10.1 Å². The number of likely N-dealkylation sites (tertiary alicyclic amines) is 1. The number of carbonyl (C=O) groups excluding carboxylic acids is 1. The SMILES string of the molecule is COc1ccc(N2C=NOC2C(=O)C(c2ccccc2)N2CCCCC2)cc1OC. The third-order valence-electron chi connectivity index (χ3n) is 5.63. The highest BCUT2D eigenvalue weighted by Crippen LogP contribution is 2.35. The second-order valence-corrected chi connectivity index (χ2v) is 7.44. The van der Waals surface area contributed by atoms with E-state index in [1.807, 2.05) is 42.5 Å². The predicted octanol–water partition coefficient (Wildman–Crippen LogP) is 3.61. The number of oxime groups is 1. The van der Waals surface area contributed by atoms with Gasteiger partial charge in [-0.3, -0.25) is 14.6 Å². The van der Waals surface area contributed by atoms with Crippen LogP contribution in [0.15, 0.2) is 53.7 Å². The number of hydrogen-bond donors (Lipinski definition) is 0. The zero-order chi connectivity index (χ0) is 20.9. The molecule has 2 atom stereocenters. The lowest BCUT2D eigenvalue weighted by atomic mass is 9.96. The molecule has 2 heterocycles. The molecule has 0 radical (unpaired) electrons. The first-order chi connectivity index (χ1) is 14.7. The van der Waals surface area contributed by atoms with Gasteiger partial charge in [-0.25, -0.2) is 0 Å². The number of hydrogen-bond acceptors (Lipinski definition) is 7. The van der Waals surface area contributed by atoms with Gasteiger partial charge in [-0.2, -0.15) is 0 Å². The molecule has 7 heteroatoms. The number of carbonyl (C=O) groups is 1. The quantitative estimate of drug-likeness (QED) is 0.696. The maximum Gasteiger partial charge on any atom is 0.265 e. The van der Waals surface area contributed by atoms with Crippen molar-refractivity contribution in [2.45, 2.75) is 31.5 Å². The molecule has 158 valence electrons. The smallest absolute Gasteiger partial charge is 0.265 e. The minimum atomic E-state index is -0.838. The third kappa shape index (κ3) is 3.98. The number of Topliss-reactive ketones (excluding diaryl/α,β-unsaturated/α-hetero) is 1. The third-order valence-corrected chi connectivity index (χ3v) is 5.63. The Morgan fingerprint density at radius 3 is 2.47 bits per heavy atom. The van der Waals surface area contributed by atoms with Crippen LogP contribution < -0.4 is 14.4 Å². The summed E-state index contributed by atoms with van der Waals surface area (Å²) < 4.78 is 10.7. The average Bonchev–Trinajstić information content (AvgIpc) is 3.30. The Morgan fingerprint density at radius 2 is 1.77 bits per heavy atom. The number of benzene rings is 2. The monoisotopic (exact) mass is 409 g/mol. The van der Waals surface area contributed by atoms with E-state index in [1.165, 1.54) is 6.42 Å². The number of piperidine rings is 1. The van der Waals surface area contributed by atoms with Gasteiger partial charge in [0.1, 0.15) is 12.4 Å². The largest absolute Gasteiger partial charge is 0.493 e. The van der Waals surface area contributed by atoms with Crippen LogP contribution in [0.5, 0.6) is 11.5 Å². The lowest BCUT2D eigenvalue weighted by Gasteiger charge is -2.35. The van der Waals surface area contributed by atoms with Crippen molar-refractivity contribution in [3.63, 3.8) is 0 Å². The van der Waals surface area contributed by atoms with E-state index in [4.69, 9.17) is 14.3 Å². The fraction of sp³-hybridized carbons (Fsp3) is 0.391. The van der Waals surface area contributed by atoms with E-state index in [1.54, 1.807) is 31.5 Å². The summed E-state index contributed by atoms with van der Waals surface area (Å²) in [5, 5.41) is 3.95. The first-order valence-electron chi connectivity index (χ1n) is 10.3. The summed E-state index contributed by atoms with van der Waals surface area (Å²) in [7, 11) is 3.17. The van der Waals surface area contributed by atoms with Gasteiger partial charge >= 0.3 is 0 Å². The second-order valence-electron chi connectivity index (χ2n) is 7.44. The molecule has 0 bridgehead atoms. The van der Waals surface area contributed by atoms with Gasteiger partial charge in [0.2, 0.25) is 5.78 Å². The number of ether oxygens (including phenoxy) is 2. The fourth-order valence-corrected chi connectivity index (χ4v) is 4.13. The van der Waals surface area contributed by atoms with Gasteiger partial charge in [0.05, 0.1) is 19.9 Å². The molecule has 0 aliphatic carbocycles. The van der Waals surface area contributed by atoms with Crippen LogP contribution in [0.4, 0.5) is 5.69 Å². The summed E-state index contributed by atoms with van der Waals surface area (Å²) in [5.74, 6) is 1.17. The van der Waals surface area contributed by atoms with Crippen LogP contribution in [-0.2, 0) is 9.63 Å². The van der Waals surface area contributed by atoms with Crippen molar-refractivity contribution in [1.82, 2.24) is 4.90 Å². The molecule has 2 unspecified atom stereocenters. The minimum absolute atomic E-state index is 0.0321. The van der Waals surface area contributed by atoms with Crippen LogP contribution in [0, 0.1) is 0 Å². The number of anilines is 1. The maximum absolute atomic E-state index is 13.8. The summed E-state index contributed by atoms with van der Waals surface area (Å²) in [5.41, 5.74) is 1.73. The zero-order valence-electron chi connectivity index (χ0n) is 17.4. The lowest BCUT2D eigenvalue weighted by Crippen LogP contribution is -2.47. The van der Waals surface area contributed by atoms with Crippen LogP contribution in [0.25, 0.3) is 0 Å². The van der Waals surface area contributed by atoms with E-state index < -0.39 is 6.23 Å². The van der Waals surface area contributed by atoms with Crippen molar-refractivity contribution in [3.05, 3.63) is 54.1 Å². The highest BCUT2D eigenvalue weighted by molar-refractivity contribution is 5.98. The Balaban J connectivity index is 1.64. The van der Waals surface area contributed by atoms with E-state index in [9.17, 15) is 4.79 Å². The molecule has 0 saturated carbocycles. The average molecular weight is 409 g/mol. The molecule has 1 fully saturated rings. The number of rotatable bonds is 7. The normalized spacial score (nSPS) is 19.9. The van der Waals surface area contributed by atoms with E-state index in [0.717, 1.165) is 37.2 Å². The Labute approximate surface area is 176 Å². The summed E-state index contributed by atoms with van der Waals surface area (Å²) >= 11 is 0. The van der Waals surface area contributed by atoms with E-state index in [-0.39, 0.29) is 11.8 Å². The van der Waals surface area contributed by atoms with Crippen LogP contribution in [0.1, 0.15) is 30.9 Å². The number of methoxy groups -OCH3 is 2. The Kier molecular flexibility index (Phi) is 6.18. The van der Waals surface area contributed by atoms with Crippen molar-refractivity contribution in [1.29, 1.82) is 0 Å². The summed E-state index contributed by atoms with van der Waals surface area (Å²) in [6.45, 7) is 1.80. The molecule has 4 rings (SSSR count). The van der Waals surface area contributed by atoms with Gasteiger partial charge < -0.3 is 14.3 Å². The fourth-order valence-electron chi connectivity index (χ4n) is 4.13. The molecule has 2 aliphatic heterocycles. The van der Waals surface area contributed by atoms with Crippen molar-refractivity contribution in [3.8, 4) is 11.5 Å². The van der Waals surface area contributed by atoms with Crippen LogP contribution in [-0.4, -0.2) is 50.6 Å². The topological polar surface area (TPSA) is 63.6 Å². The van der Waals surface area contributed by atoms with Crippen LogP contribution in [0.3, 0.4) is 0 Å². The maximum atomic E-state index is 13.8. The Bertz CT molecular complexity index is 897. The molecule has 2 aliphatic rings. The first kappa shape index (κ1) is 20.2. The van der Waals surface area contributed by atoms with Gasteiger partial charge in [0.25, 0.3) is 6.23 Å². The number of ketones is 1. The highest BCUT2D eigenvalue weighted by atomic mass is 16.7. The standard InChI is InChI=1S/C23H27N3O4/c1-28-19-12-11-18(15-20(19)29-2)26-16-24-30-23(26)22(27)21(17-9-5-3-6-10-17)25-13-7-4-8-14-25/h3,5-6,9-12,15-16,21,23H,4,7-8,13-14H2,1-2H3. The van der Waals surface area contributed by atoms with Crippen LogP contribution >= 0.6 is 0 Å². The van der Waals surface area contributed by atoms with Crippen molar-refractivity contribution >= 4 is 17.8 Å². The molecule has 7 nitrogen and oxygen atoms in total. The van der Waals surface area contributed by atoms with Crippen LogP contribution in [0.2, 0.25) is 0 Å². The van der Waals surface area contributed by atoms with Crippen molar-refractivity contribution < 1.29 is 19.1 Å². The molecule has 1 saturated heterocycles. The molecule has 0 amide bonds. The number of nitrogens with zero attached hydrogens (tertiary/aromatic N) is 3. The zero-order valence-corrected chi connectivity index (χ0v) is 17.4. The predicted molar refractivity (Wildman–Crippen MR) is 115 cm³/mol. The van der Waals surface area contributed by atoms with E-state index in [0.29, 0.717) is 11.5 Å². The molecule has 0 aromatic heterocycles. The van der Waals surface area contributed by atoms with Gasteiger partial charge in [0.15, 0.2) is 11.5 Å². The van der Waals surface area contributed by atoms with Gasteiger partial charge in [0, 0.05) is 6.07 Å². The molecule has 0 spiro atoms. The van der Waals surface area contributed by atoms with Gasteiger partial charge in [-0.15, -0.1) is 0 Å².